The van der Waals surface area contributed by atoms with Gasteiger partial charge in [-0.15, -0.1) is 0 Å². The molecular formula is C18H20N2O4S2. The zero-order chi connectivity index (χ0) is 18.6. The van der Waals surface area contributed by atoms with Gasteiger partial charge in [0.25, 0.3) is 0 Å². The summed E-state index contributed by atoms with van der Waals surface area (Å²) in [4.78, 5) is 0.222. The number of benzene rings is 2. The molecule has 3 rings (SSSR count). The molecule has 0 saturated carbocycles. The van der Waals surface area contributed by atoms with Gasteiger partial charge in [0.1, 0.15) is 0 Å². The van der Waals surface area contributed by atoms with Gasteiger partial charge in [-0.1, -0.05) is 48.5 Å². The van der Waals surface area contributed by atoms with Gasteiger partial charge in [-0.25, -0.2) is 16.8 Å². The van der Waals surface area contributed by atoms with Crippen LogP contribution in [0.15, 0.2) is 71.0 Å². The minimum absolute atomic E-state index is 0.132. The van der Waals surface area contributed by atoms with Crippen LogP contribution in [0.2, 0.25) is 0 Å². The topological polar surface area (TPSA) is 74.8 Å². The lowest BCUT2D eigenvalue weighted by molar-refractivity contribution is 0.275. The molecule has 0 amide bonds. The second-order valence-electron chi connectivity index (χ2n) is 5.87. The molecule has 0 N–H and O–H groups in total. The molecule has 1 fully saturated rings. The first-order valence-electron chi connectivity index (χ1n) is 8.18. The van der Waals surface area contributed by atoms with Gasteiger partial charge in [0.05, 0.1) is 4.90 Å². The fourth-order valence-corrected chi connectivity index (χ4v) is 5.34. The third kappa shape index (κ3) is 4.21. The summed E-state index contributed by atoms with van der Waals surface area (Å²) < 4.78 is 52.7. The molecule has 2 aromatic rings. The molecule has 8 heteroatoms. The molecule has 0 aromatic heterocycles. The number of nitrogens with zero attached hydrogens (tertiary/aromatic N) is 2. The minimum Gasteiger partial charge on any atom is -0.208 e. The van der Waals surface area contributed by atoms with Crippen molar-refractivity contribution in [1.82, 2.24) is 8.61 Å². The van der Waals surface area contributed by atoms with Crippen molar-refractivity contribution in [2.24, 2.45) is 0 Å². The van der Waals surface area contributed by atoms with Crippen molar-refractivity contribution in [3.8, 4) is 0 Å². The van der Waals surface area contributed by atoms with Gasteiger partial charge >= 0.3 is 0 Å². The molecule has 0 atom stereocenters. The summed E-state index contributed by atoms with van der Waals surface area (Å²) in [6, 6.07) is 17.3. The van der Waals surface area contributed by atoms with Crippen molar-refractivity contribution < 1.29 is 16.8 Å². The Morgan fingerprint density at radius 1 is 0.692 bits per heavy atom. The smallest absolute Gasteiger partial charge is 0.208 e. The van der Waals surface area contributed by atoms with Crippen molar-refractivity contribution >= 4 is 26.1 Å². The molecular weight excluding hydrogens is 372 g/mol. The van der Waals surface area contributed by atoms with Gasteiger partial charge in [0, 0.05) is 31.6 Å². The molecule has 6 nitrogen and oxygen atoms in total. The first kappa shape index (κ1) is 18.8. The average Bonchev–Trinajstić information content (AvgIpc) is 2.68. The fraction of sp³-hybridized carbons (Fsp3) is 0.222. The molecule has 138 valence electrons. The van der Waals surface area contributed by atoms with Crippen molar-refractivity contribution in [2.75, 3.05) is 26.2 Å². The van der Waals surface area contributed by atoms with E-state index in [0.29, 0.717) is 0 Å². The maximum absolute atomic E-state index is 12.6. The average molecular weight is 393 g/mol. The van der Waals surface area contributed by atoms with Crippen molar-refractivity contribution in [3.63, 3.8) is 0 Å². The number of sulfonamides is 2. The first-order valence-corrected chi connectivity index (χ1v) is 11.1. The van der Waals surface area contributed by atoms with Crippen LogP contribution >= 0.6 is 0 Å². The van der Waals surface area contributed by atoms with E-state index in [1.807, 2.05) is 30.3 Å². The molecule has 1 saturated heterocycles. The molecule has 26 heavy (non-hydrogen) atoms. The highest BCUT2D eigenvalue weighted by Crippen LogP contribution is 2.19. The Labute approximate surface area is 154 Å². The number of hydrogen-bond acceptors (Lipinski definition) is 4. The zero-order valence-corrected chi connectivity index (χ0v) is 15.7. The number of rotatable bonds is 5. The quantitative estimate of drug-likeness (QED) is 0.780. The van der Waals surface area contributed by atoms with E-state index in [1.165, 1.54) is 14.0 Å². The van der Waals surface area contributed by atoms with Crippen molar-refractivity contribution in [3.05, 3.63) is 71.6 Å². The number of hydrogen-bond donors (Lipinski definition) is 0. The molecule has 1 aliphatic heterocycles. The van der Waals surface area contributed by atoms with E-state index in [0.717, 1.165) is 5.56 Å². The third-order valence-corrected chi connectivity index (χ3v) is 7.65. The highest BCUT2D eigenvalue weighted by molar-refractivity contribution is 7.92. The van der Waals surface area contributed by atoms with E-state index < -0.39 is 20.0 Å². The fourth-order valence-electron chi connectivity index (χ4n) is 2.72. The van der Waals surface area contributed by atoms with Crippen molar-refractivity contribution in [2.45, 2.75) is 4.90 Å². The lowest BCUT2D eigenvalue weighted by atomic mass is 10.2. The Balaban J connectivity index is 1.67. The largest absolute Gasteiger partial charge is 0.243 e. The lowest BCUT2D eigenvalue weighted by Gasteiger charge is -2.32. The summed E-state index contributed by atoms with van der Waals surface area (Å²) in [5.41, 5.74) is 0.793. The maximum atomic E-state index is 12.6. The molecule has 0 unspecified atom stereocenters. The third-order valence-electron chi connectivity index (χ3n) is 4.17. The lowest BCUT2D eigenvalue weighted by Crippen LogP contribution is -2.49. The molecule has 0 bridgehead atoms. The van der Waals surface area contributed by atoms with E-state index in [2.05, 4.69) is 0 Å². The minimum atomic E-state index is -3.59. The van der Waals surface area contributed by atoms with Crippen LogP contribution in [-0.2, 0) is 20.0 Å². The summed E-state index contributed by atoms with van der Waals surface area (Å²) >= 11 is 0. The Morgan fingerprint density at radius 2 is 1.19 bits per heavy atom. The highest BCUT2D eigenvalue weighted by atomic mass is 32.2. The van der Waals surface area contributed by atoms with Gasteiger partial charge < -0.3 is 0 Å². The second-order valence-corrected chi connectivity index (χ2v) is 9.63. The van der Waals surface area contributed by atoms with E-state index >= 15 is 0 Å². The van der Waals surface area contributed by atoms with Crippen LogP contribution in [0.1, 0.15) is 5.56 Å². The van der Waals surface area contributed by atoms with Gasteiger partial charge in [0.2, 0.25) is 20.0 Å². The monoisotopic (exact) mass is 392 g/mol. The van der Waals surface area contributed by atoms with E-state index in [-0.39, 0.29) is 31.1 Å². The number of piperazine rings is 1. The van der Waals surface area contributed by atoms with Gasteiger partial charge in [-0.05, 0) is 23.8 Å². The van der Waals surface area contributed by atoms with E-state index in [4.69, 9.17) is 0 Å². The van der Waals surface area contributed by atoms with Crippen LogP contribution in [0.5, 0.6) is 0 Å². The molecule has 1 aliphatic rings. The summed E-state index contributed by atoms with van der Waals surface area (Å²) in [5.74, 6) is 0. The van der Waals surface area contributed by atoms with Crippen molar-refractivity contribution in [1.29, 1.82) is 0 Å². The molecule has 1 heterocycles. The predicted molar refractivity (Wildman–Crippen MR) is 101 cm³/mol. The second kappa shape index (κ2) is 7.71. The SMILES string of the molecule is O=S(=O)(/C=C/c1ccccc1)N1CCN(S(=O)(=O)c2ccccc2)CC1. The molecule has 0 spiro atoms. The summed E-state index contributed by atoms with van der Waals surface area (Å²) in [5, 5.41) is 1.17. The molecule has 0 aliphatic carbocycles. The zero-order valence-electron chi connectivity index (χ0n) is 14.1. The summed E-state index contributed by atoms with van der Waals surface area (Å²) in [6.07, 6.45) is 1.54. The van der Waals surface area contributed by atoms with E-state index in [9.17, 15) is 16.8 Å². The van der Waals surface area contributed by atoms with Crippen LogP contribution in [0.25, 0.3) is 6.08 Å². The standard InChI is InChI=1S/C18H20N2O4S2/c21-25(22,16-11-17-7-3-1-4-8-17)19-12-14-20(15-13-19)26(23,24)18-9-5-2-6-10-18/h1-11,16H,12-15H2/b16-11+. The Hall–Kier alpha value is -2.00. The normalized spacial score (nSPS) is 17.5. The van der Waals surface area contributed by atoms with Gasteiger partial charge in [0.15, 0.2) is 0 Å². The molecule has 0 radical (unpaired) electrons. The van der Waals surface area contributed by atoms with Crippen LogP contribution < -0.4 is 0 Å². The van der Waals surface area contributed by atoms with Gasteiger partial charge in [-0.2, -0.15) is 8.61 Å². The van der Waals surface area contributed by atoms with Crippen LogP contribution in [-0.4, -0.2) is 51.6 Å². The van der Waals surface area contributed by atoms with Crippen LogP contribution in [0, 0.1) is 0 Å². The predicted octanol–water partition coefficient (Wildman–Crippen LogP) is 1.99. The Morgan fingerprint density at radius 3 is 1.77 bits per heavy atom. The maximum Gasteiger partial charge on any atom is 0.243 e. The molecule has 2 aromatic carbocycles. The van der Waals surface area contributed by atoms with Crippen LogP contribution in [0.3, 0.4) is 0 Å². The Kier molecular flexibility index (Phi) is 5.57. The van der Waals surface area contributed by atoms with Crippen LogP contribution in [0.4, 0.5) is 0 Å². The Bertz CT molecular complexity index is 964. The first-order chi connectivity index (χ1) is 12.4. The summed E-state index contributed by atoms with van der Waals surface area (Å²) in [6.45, 7) is 0.534. The van der Waals surface area contributed by atoms with Gasteiger partial charge in [-0.3, -0.25) is 0 Å². The van der Waals surface area contributed by atoms with E-state index in [1.54, 1.807) is 36.4 Å². The highest BCUT2D eigenvalue weighted by Gasteiger charge is 2.31. The summed E-state index contributed by atoms with van der Waals surface area (Å²) in [7, 11) is -7.18.